The fraction of sp³-hybridized carbons (Fsp3) is 0.300. The molecule has 1 aromatic rings. The molecule has 0 spiro atoms. The molecule has 0 N–H and O–H groups in total. The highest BCUT2D eigenvalue weighted by Gasteiger charge is 1.93. The summed E-state index contributed by atoms with van der Waals surface area (Å²) in [5.41, 5.74) is 2.03. The molecule has 0 aliphatic heterocycles. The van der Waals surface area contributed by atoms with Crippen LogP contribution in [0.4, 0.5) is 11.4 Å². The van der Waals surface area contributed by atoms with Crippen molar-refractivity contribution in [3.63, 3.8) is 0 Å². The third-order valence-corrected chi connectivity index (χ3v) is 1.65. The Bertz CT molecular complexity index is 319. The highest BCUT2D eigenvalue weighted by molar-refractivity contribution is 5.56. The van der Waals surface area contributed by atoms with E-state index >= 15 is 0 Å². The molecule has 0 atom stereocenters. The quantitative estimate of drug-likeness (QED) is 0.633. The summed E-state index contributed by atoms with van der Waals surface area (Å²) in [6.45, 7) is 0. The predicted molar refractivity (Wildman–Crippen MR) is 56.2 cm³/mol. The van der Waals surface area contributed by atoms with E-state index in [9.17, 15) is 0 Å². The van der Waals surface area contributed by atoms with E-state index in [1.54, 1.807) is 7.05 Å². The molecule has 0 heterocycles. The molecule has 0 fully saturated rings. The third kappa shape index (κ3) is 2.73. The summed E-state index contributed by atoms with van der Waals surface area (Å²) in [4.78, 5) is 9.69. The van der Waals surface area contributed by atoms with Crippen molar-refractivity contribution in [2.24, 2.45) is 9.98 Å². The van der Waals surface area contributed by atoms with Crippen molar-refractivity contribution >= 4 is 17.4 Å². The number of benzene rings is 1. The first-order chi connectivity index (χ1) is 6.24. The normalized spacial score (nSPS) is 8.85. The first-order valence-electron chi connectivity index (χ1n) is 4.06. The molecule has 0 aliphatic carbocycles. The number of hydrogen-bond acceptors (Lipinski definition) is 3. The van der Waals surface area contributed by atoms with Crippen LogP contribution < -0.4 is 4.90 Å². The van der Waals surface area contributed by atoms with Gasteiger partial charge >= 0.3 is 0 Å². The average molecular weight is 175 g/mol. The Morgan fingerprint density at radius 2 is 1.77 bits per heavy atom. The molecule has 3 nitrogen and oxygen atoms in total. The van der Waals surface area contributed by atoms with Gasteiger partial charge in [-0.1, -0.05) is 0 Å². The Morgan fingerprint density at radius 1 is 1.15 bits per heavy atom. The summed E-state index contributed by atoms with van der Waals surface area (Å²) in [6, 6.07) is 10.4. The molecule has 0 unspecified atom stereocenters. The average Bonchev–Trinajstić information content (AvgIpc) is 2.15. The Balaban J connectivity index is 2.87. The Kier molecular flexibility index (Phi) is 3.23. The number of rotatable bonds is 2. The summed E-state index contributed by atoms with van der Waals surface area (Å²) in [7, 11) is 5.66. The summed E-state index contributed by atoms with van der Waals surface area (Å²) < 4.78 is 0. The minimum absolute atomic E-state index is 0.871. The van der Waals surface area contributed by atoms with E-state index in [0.717, 1.165) is 11.4 Å². The fourth-order valence-corrected chi connectivity index (χ4v) is 0.933. The van der Waals surface area contributed by atoms with Crippen molar-refractivity contribution < 1.29 is 0 Å². The molecule has 0 saturated carbocycles. The van der Waals surface area contributed by atoms with Crippen molar-refractivity contribution in [3.8, 4) is 0 Å². The van der Waals surface area contributed by atoms with E-state index in [2.05, 4.69) is 16.0 Å². The lowest BCUT2D eigenvalue weighted by molar-refractivity contribution is 1.13. The molecule has 0 bridgehead atoms. The summed E-state index contributed by atoms with van der Waals surface area (Å²) in [5.74, 6) is 0. The lowest BCUT2D eigenvalue weighted by Gasteiger charge is -2.11. The molecule has 0 amide bonds. The summed E-state index contributed by atoms with van der Waals surface area (Å²) in [5, 5.41) is 0. The highest BCUT2D eigenvalue weighted by Crippen LogP contribution is 2.17. The van der Waals surface area contributed by atoms with Crippen molar-refractivity contribution in [2.75, 3.05) is 26.0 Å². The van der Waals surface area contributed by atoms with Crippen LogP contribution >= 0.6 is 0 Å². The summed E-state index contributed by atoms with van der Waals surface area (Å²) >= 11 is 0. The minimum Gasteiger partial charge on any atom is -0.378 e. The van der Waals surface area contributed by atoms with Crippen molar-refractivity contribution in [2.45, 2.75) is 0 Å². The van der Waals surface area contributed by atoms with Crippen LogP contribution in [-0.2, 0) is 0 Å². The van der Waals surface area contributed by atoms with Gasteiger partial charge in [0.2, 0.25) is 0 Å². The van der Waals surface area contributed by atoms with Gasteiger partial charge in [-0.25, -0.2) is 4.99 Å². The molecular formula is C10H13N3. The van der Waals surface area contributed by atoms with Gasteiger partial charge in [0.15, 0.2) is 0 Å². The highest BCUT2D eigenvalue weighted by atomic mass is 15.1. The first-order valence-corrected chi connectivity index (χ1v) is 4.06. The molecule has 0 aliphatic rings. The van der Waals surface area contributed by atoms with Crippen LogP contribution in [0.3, 0.4) is 0 Å². The monoisotopic (exact) mass is 175 g/mol. The molecule has 13 heavy (non-hydrogen) atoms. The zero-order valence-corrected chi connectivity index (χ0v) is 8.15. The summed E-state index contributed by atoms with van der Waals surface area (Å²) in [6.07, 6.45) is 0. The first kappa shape index (κ1) is 9.49. The largest absolute Gasteiger partial charge is 0.378 e. The lowest BCUT2D eigenvalue weighted by Crippen LogP contribution is -2.07. The molecule has 0 saturated heterocycles. The van der Waals surface area contributed by atoms with E-state index in [-0.39, 0.29) is 0 Å². The van der Waals surface area contributed by atoms with Crippen molar-refractivity contribution in [3.05, 3.63) is 24.3 Å². The maximum absolute atomic E-state index is 3.99. The van der Waals surface area contributed by atoms with Gasteiger partial charge < -0.3 is 4.90 Å². The SMILES string of the molecule is CN=C=Nc1ccc(N(C)C)cc1. The molecular weight excluding hydrogens is 162 g/mol. The lowest BCUT2D eigenvalue weighted by atomic mass is 10.3. The van der Waals surface area contributed by atoms with Gasteiger partial charge in [-0.3, -0.25) is 0 Å². The second-order valence-corrected chi connectivity index (χ2v) is 2.85. The van der Waals surface area contributed by atoms with Gasteiger partial charge in [0.1, 0.15) is 0 Å². The van der Waals surface area contributed by atoms with Crippen LogP contribution in [0.5, 0.6) is 0 Å². The van der Waals surface area contributed by atoms with Crippen molar-refractivity contribution in [1.82, 2.24) is 0 Å². The van der Waals surface area contributed by atoms with Crippen LogP contribution in [-0.4, -0.2) is 27.2 Å². The van der Waals surface area contributed by atoms with E-state index in [1.165, 1.54) is 0 Å². The van der Waals surface area contributed by atoms with Gasteiger partial charge in [0.25, 0.3) is 0 Å². The van der Waals surface area contributed by atoms with E-state index < -0.39 is 0 Å². The Morgan fingerprint density at radius 3 is 2.23 bits per heavy atom. The van der Waals surface area contributed by atoms with E-state index in [0.29, 0.717) is 0 Å². The number of anilines is 1. The number of nitrogens with zero attached hydrogens (tertiary/aromatic N) is 3. The Hall–Kier alpha value is -1.60. The molecule has 0 radical (unpaired) electrons. The van der Waals surface area contributed by atoms with Gasteiger partial charge in [0.05, 0.1) is 11.7 Å². The van der Waals surface area contributed by atoms with Crippen LogP contribution in [0, 0.1) is 0 Å². The second kappa shape index (κ2) is 4.43. The van der Waals surface area contributed by atoms with Gasteiger partial charge in [-0.15, -0.1) is 0 Å². The Labute approximate surface area is 78.4 Å². The van der Waals surface area contributed by atoms with Gasteiger partial charge in [-0.05, 0) is 24.3 Å². The second-order valence-electron chi connectivity index (χ2n) is 2.85. The number of aliphatic imine (C=N–C) groups is 2. The molecule has 1 rings (SSSR count). The molecule has 68 valence electrons. The molecule has 0 aromatic heterocycles. The van der Waals surface area contributed by atoms with Gasteiger partial charge in [0, 0.05) is 26.8 Å². The van der Waals surface area contributed by atoms with E-state index in [4.69, 9.17) is 0 Å². The van der Waals surface area contributed by atoms with Crippen LogP contribution in [0.15, 0.2) is 34.3 Å². The molecule has 1 aromatic carbocycles. The zero-order valence-electron chi connectivity index (χ0n) is 8.15. The predicted octanol–water partition coefficient (Wildman–Crippen LogP) is 2.19. The standard InChI is InChI=1S/C10H13N3/c1-11-8-12-9-4-6-10(7-5-9)13(2)3/h4-7H,1-3H3. The third-order valence-electron chi connectivity index (χ3n) is 1.65. The minimum atomic E-state index is 0.871. The molecule has 3 heteroatoms. The maximum Gasteiger partial charge on any atom is 0.0946 e. The van der Waals surface area contributed by atoms with Crippen molar-refractivity contribution in [1.29, 1.82) is 0 Å². The van der Waals surface area contributed by atoms with Gasteiger partial charge in [-0.2, -0.15) is 4.99 Å². The topological polar surface area (TPSA) is 28.0 Å². The number of hydrogen-bond donors (Lipinski definition) is 0. The van der Waals surface area contributed by atoms with Crippen LogP contribution in [0.1, 0.15) is 0 Å². The zero-order chi connectivity index (χ0) is 9.68. The fourth-order valence-electron chi connectivity index (χ4n) is 0.933. The maximum atomic E-state index is 3.99. The van der Waals surface area contributed by atoms with Crippen LogP contribution in [0.25, 0.3) is 0 Å². The van der Waals surface area contributed by atoms with E-state index in [1.807, 2.05) is 43.3 Å². The smallest absolute Gasteiger partial charge is 0.0946 e. The van der Waals surface area contributed by atoms with Crippen LogP contribution in [0.2, 0.25) is 0 Å².